The Labute approximate surface area is 209 Å². The van der Waals surface area contributed by atoms with Gasteiger partial charge in [0.15, 0.2) is 11.5 Å². The number of alkyl halides is 3. The molecule has 2 aromatic carbocycles. The molecule has 1 aliphatic heterocycles. The van der Waals surface area contributed by atoms with Crippen molar-refractivity contribution >= 4 is 23.2 Å². The number of hydrazone groups is 1. The molecule has 2 amide bonds. The number of anilines is 1. The van der Waals surface area contributed by atoms with E-state index in [0.717, 1.165) is 5.56 Å². The molecule has 0 fully saturated rings. The van der Waals surface area contributed by atoms with Gasteiger partial charge >= 0.3 is 6.36 Å². The largest absolute Gasteiger partial charge is 0.573 e. The number of nitrogens with zero attached hydrogens (tertiary/aromatic N) is 3. The number of carbonyl (C=O) groups excluding carboxylic acids is 2. The lowest BCUT2D eigenvalue weighted by molar-refractivity contribution is -0.275. The van der Waals surface area contributed by atoms with E-state index in [1.807, 2.05) is 6.92 Å². The predicted octanol–water partition coefficient (Wildman–Crippen LogP) is 5.00. The van der Waals surface area contributed by atoms with Crippen LogP contribution in [-0.4, -0.2) is 41.2 Å². The van der Waals surface area contributed by atoms with E-state index in [-0.39, 0.29) is 36.3 Å². The van der Waals surface area contributed by atoms with Gasteiger partial charge < -0.3 is 19.3 Å². The molecule has 1 unspecified atom stereocenters. The number of hydrogen-bond acceptors (Lipinski definition) is 7. The van der Waals surface area contributed by atoms with Crippen molar-refractivity contribution < 1.29 is 36.8 Å². The van der Waals surface area contributed by atoms with Crippen LogP contribution in [-0.2, 0) is 11.3 Å². The van der Waals surface area contributed by atoms with Gasteiger partial charge in [0.05, 0.1) is 25.6 Å². The van der Waals surface area contributed by atoms with Crippen LogP contribution in [0.1, 0.15) is 41.4 Å². The molecule has 0 radical (unpaired) electrons. The van der Waals surface area contributed by atoms with Crippen molar-refractivity contribution in [3.8, 4) is 11.5 Å². The summed E-state index contributed by atoms with van der Waals surface area (Å²) in [6.45, 7) is 2.08. The molecule has 0 saturated carbocycles. The van der Waals surface area contributed by atoms with Crippen LogP contribution in [0.2, 0.25) is 0 Å². The molecule has 3 aromatic rings. The van der Waals surface area contributed by atoms with Gasteiger partial charge in [-0.1, -0.05) is 24.2 Å². The summed E-state index contributed by atoms with van der Waals surface area (Å²) < 4.78 is 52.1. The van der Waals surface area contributed by atoms with Crippen LogP contribution in [0.15, 0.2) is 64.4 Å². The first-order chi connectivity index (χ1) is 17.7. The van der Waals surface area contributed by atoms with Gasteiger partial charge in [0.25, 0.3) is 5.91 Å². The number of hydrogen-bond donors (Lipinski definition) is 1. The van der Waals surface area contributed by atoms with Gasteiger partial charge in [0.2, 0.25) is 11.7 Å². The van der Waals surface area contributed by atoms with Gasteiger partial charge in [-0.25, -0.2) is 5.01 Å². The fourth-order valence-electron chi connectivity index (χ4n) is 3.86. The summed E-state index contributed by atoms with van der Waals surface area (Å²) >= 11 is 0. The maximum atomic E-state index is 12.8. The molecule has 0 aliphatic carbocycles. The third kappa shape index (κ3) is 6.26. The second-order valence-electron chi connectivity index (χ2n) is 8.19. The Balaban J connectivity index is 1.53. The lowest BCUT2D eigenvalue weighted by Crippen LogP contribution is -2.36. The van der Waals surface area contributed by atoms with Gasteiger partial charge in [-0.05, 0) is 42.3 Å². The Morgan fingerprint density at radius 1 is 1.16 bits per heavy atom. The second-order valence-corrected chi connectivity index (χ2v) is 8.19. The van der Waals surface area contributed by atoms with Crippen molar-refractivity contribution in [3.63, 3.8) is 0 Å². The SMILES string of the molecule is CCC1CC(=O)N(Cc2ccc(NC(=O)c3ccno3)cc2)N=C1c1ccc(OC(F)(F)F)c(OC)c1. The molecule has 1 atom stereocenters. The number of aromatic nitrogens is 1. The Bertz CT molecular complexity index is 1290. The normalized spacial score (nSPS) is 15.8. The third-order valence-electron chi connectivity index (χ3n) is 5.71. The summed E-state index contributed by atoms with van der Waals surface area (Å²) in [5.74, 6) is -1.33. The zero-order chi connectivity index (χ0) is 26.6. The highest BCUT2D eigenvalue weighted by atomic mass is 19.4. The van der Waals surface area contributed by atoms with E-state index in [1.54, 1.807) is 24.3 Å². The van der Waals surface area contributed by atoms with Crippen molar-refractivity contribution in [1.82, 2.24) is 10.2 Å². The number of amides is 2. The second kappa shape index (κ2) is 10.7. The van der Waals surface area contributed by atoms with Gasteiger partial charge in [0, 0.05) is 29.7 Å². The van der Waals surface area contributed by atoms with Crippen molar-refractivity contribution in [2.24, 2.45) is 11.0 Å². The molecule has 0 bridgehead atoms. The van der Waals surface area contributed by atoms with E-state index in [1.165, 1.54) is 42.6 Å². The number of halogens is 3. The molecule has 1 aromatic heterocycles. The minimum absolute atomic E-state index is 0.0740. The van der Waals surface area contributed by atoms with Crippen LogP contribution in [0.5, 0.6) is 11.5 Å². The van der Waals surface area contributed by atoms with Crippen molar-refractivity contribution in [2.75, 3.05) is 12.4 Å². The molecule has 0 saturated heterocycles. The Kier molecular flexibility index (Phi) is 7.46. The van der Waals surface area contributed by atoms with Crippen LogP contribution < -0.4 is 14.8 Å². The average molecular weight is 516 g/mol. The molecule has 1 aliphatic rings. The van der Waals surface area contributed by atoms with Gasteiger partial charge in [-0.15, -0.1) is 13.2 Å². The molecular formula is C25H23F3N4O5. The monoisotopic (exact) mass is 516 g/mol. The first-order valence-corrected chi connectivity index (χ1v) is 11.3. The van der Waals surface area contributed by atoms with E-state index >= 15 is 0 Å². The van der Waals surface area contributed by atoms with Crippen LogP contribution >= 0.6 is 0 Å². The van der Waals surface area contributed by atoms with Gasteiger partial charge in [-0.2, -0.15) is 5.10 Å². The average Bonchev–Trinajstić information content (AvgIpc) is 3.41. The molecule has 37 heavy (non-hydrogen) atoms. The smallest absolute Gasteiger partial charge is 0.493 e. The number of benzene rings is 2. The minimum atomic E-state index is -4.86. The summed E-state index contributed by atoms with van der Waals surface area (Å²) in [6.07, 6.45) is -2.68. The predicted molar refractivity (Wildman–Crippen MR) is 126 cm³/mol. The molecule has 4 rings (SSSR count). The van der Waals surface area contributed by atoms with Crippen LogP contribution in [0.25, 0.3) is 0 Å². The topological polar surface area (TPSA) is 106 Å². The number of ether oxygens (including phenoxy) is 2. The number of nitrogens with one attached hydrogen (secondary N) is 1. The van der Waals surface area contributed by atoms with Crippen LogP contribution in [0.3, 0.4) is 0 Å². The lowest BCUT2D eigenvalue weighted by atomic mass is 9.89. The van der Waals surface area contributed by atoms with Crippen molar-refractivity contribution in [3.05, 3.63) is 71.6 Å². The maximum Gasteiger partial charge on any atom is 0.573 e. The lowest BCUT2D eigenvalue weighted by Gasteiger charge is -2.29. The minimum Gasteiger partial charge on any atom is -0.493 e. The van der Waals surface area contributed by atoms with E-state index in [0.29, 0.717) is 23.4 Å². The fraction of sp³-hybridized carbons (Fsp3) is 0.280. The van der Waals surface area contributed by atoms with Crippen LogP contribution in [0.4, 0.5) is 18.9 Å². The molecule has 9 nitrogen and oxygen atoms in total. The first kappa shape index (κ1) is 25.7. The number of rotatable bonds is 8. The van der Waals surface area contributed by atoms with Gasteiger partial charge in [-0.3, -0.25) is 9.59 Å². The highest BCUT2D eigenvalue weighted by molar-refractivity contribution is 6.06. The molecule has 0 spiro atoms. The first-order valence-electron chi connectivity index (χ1n) is 11.3. The quantitative estimate of drug-likeness (QED) is 0.452. The van der Waals surface area contributed by atoms with E-state index in [9.17, 15) is 22.8 Å². The van der Waals surface area contributed by atoms with Crippen LogP contribution in [0, 0.1) is 5.92 Å². The number of carbonyl (C=O) groups is 2. The summed E-state index contributed by atoms with van der Waals surface area (Å²) in [4.78, 5) is 24.9. The summed E-state index contributed by atoms with van der Waals surface area (Å²) in [6, 6.07) is 12.4. The standard InChI is InChI=1S/C25H23F3N4O5/c1-3-16-13-22(33)32(14-15-4-7-18(8-5-15)30-24(34)20-10-11-29-37-20)31-23(16)17-6-9-19(21(12-17)35-2)36-25(26,27)28/h4-12,16H,3,13-14H2,1-2H3,(H,30,34). The summed E-state index contributed by atoms with van der Waals surface area (Å²) in [5, 5.41) is 12.1. The molecule has 1 N–H and O–H groups in total. The highest BCUT2D eigenvalue weighted by Crippen LogP contribution is 2.35. The van der Waals surface area contributed by atoms with E-state index in [4.69, 9.17) is 9.26 Å². The van der Waals surface area contributed by atoms with Crippen molar-refractivity contribution in [2.45, 2.75) is 32.7 Å². The Morgan fingerprint density at radius 2 is 1.92 bits per heavy atom. The highest BCUT2D eigenvalue weighted by Gasteiger charge is 2.34. The van der Waals surface area contributed by atoms with Crippen molar-refractivity contribution in [1.29, 1.82) is 0 Å². The summed E-state index contributed by atoms with van der Waals surface area (Å²) in [5.41, 5.74) is 2.38. The Morgan fingerprint density at radius 3 is 2.54 bits per heavy atom. The zero-order valence-corrected chi connectivity index (χ0v) is 19.9. The van der Waals surface area contributed by atoms with E-state index < -0.39 is 18.0 Å². The third-order valence-corrected chi connectivity index (χ3v) is 5.71. The maximum absolute atomic E-state index is 12.8. The van der Waals surface area contributed by atoms with Gasteiger partial charge in [0.1, 0.15) is 0 Å². The Hall–Kier alpha value is -4.35. The summed E-state index contributed by atoms with van der Waals surface area (Å²) in [7, 11) is 1.25. The number of methoxy groups -OCH3 is 1. The fourth-order valence-corrected chi connectivity index (χ4v) is 3.86. The molecule has 194 valence electrons. The molecule has 12 heteroatoms. The molecular weight excluding hydrogens is 493 g/mol. The zero-order valence-electron chi connectivity index (χ0n) is 19.9. The molecule has 2 heterocycles. The van der Waals surface area contributed by atoms with E-state index in [2.05, 4.69) is 20.3 Å².